The van der Waals surface area contributed by atoms with Crippen LogP contribution in [0, 0.1) is 0 Å². The fourth-order valence-electron chi connectivity index (χ4n) is 6.29. The summed E-state index contributed by atoms with van der Waals surface area (Å²) in [5.41, 5.74) is 8.07. The van der Waals surface area contributed by atoms with Crippen molar-refractivity contribution in [1.82, 2.24) is 39.8 Å². The molecule has 0 aliphatic carbocycles. The summed E-state index contributed by atoms with van der Waals surface area (Å²) >= 11 is 0. The molecule has 1 saturated heterocycles. The standard InChI is InChI=1S/C38H44N8O2/c1-37(2,3)27-19-25(35(47)33(21-27)45-39-29-11-7-8-12-30(29)40-45)23-43-15-17-44(18-16-43)24-26-20-28(38(4,5)6)22-34(36(26)48)46-41-31-13-9-10-14-32(31)42-46/h7-14,19-22,47-48H,15-18,23-24H2,1-6H3. The maximum atomic E-state index is 11.5. The maximum absolute atomic E-state index is 11.5. The van der Waals surface area contributed by atoms with Crippen molar-refractivity contribution in [3.8, 4) is 22.9 Å². The fraction of sp³-hybridized carbons (Fsp3) is 0.368. The molecule has 0 spiro atoms. The van der Waals surface area contributed by atoms with Crippen molar-refractivity contribution < 1.29 is 10.2 Å². The zero-order chi connectivity index (χ0) is 33.8. The van der Waals surface area contributed by atoms with Crippen LogP contribution in [0.15, 0.2) is 72.8 Å². The molecule has 0 radical (unpaired) electrons. The number of aromatic nitrogens is 6. The van der Waals surface area contributed by atoms with Crippen LogP contribution in [0.1, 0.15) is 63.8 Å². The van der Waals surface area contributed by atoms with E-state index in [1.54, 1.807) is 9.59 Å². The van der Waals surface area contributed by atoms with E-state index in [-0.39, 0.29) is 22.3 Å². The molecule has 0 unspecified atom stereocenters. The van der Waals surface area contributed by atoms with Crippen molar-refractivity contribution in [1.29, 1.82) is 0 Å². The molecule has 48 heavy (non-hydrogen) atoms. The second-order valence-electron chi connectivity index (χ2n) is 15.0. The lowest BCUT2D eigenvalue weighted by molar-refractivity contribution is 0.120. The summed E-state index contributed by atoms with van der Waals surface area (Å²) in [6.45, 7) is 17.6. The largest absolute Gasteiger partial charge is 0.505 e. The first-order valence-corrected chi connectivity index (χ1v) is 16.7. The van der Waals surface area contributed by atoms with Crippen molar-refractivity contribution in [2.75, 3.05) is 26.2 Å². The first-order valence-electron chi connectivity index (χ1n) is 16.7. The fourth-order valence-corrected chi connectivity index (χ4v) is 6.29. The molecular weight excluding hydrogens is 600 g/mol. The van der Waals surface area contributed by atoms with Crippen molar-refractivity contribution in [3.05, 3.63) is 95.1 Å². The van der Waals surface area contributed by atoms with E-state index in [1.165, 1.54) is 0 Å². The van der Waals surface area contributed by atoms with E-state index in [2.05, 4.69) is 83.9 Å². The van der Waals surface area contributed by atoms with E-state index in [1.807, 2.05) is 60.7 Å². The minimum Gasteiger partial charge on any atom is -0.505 e. The first kappa shape index (κ1) is 31.8. The number of benzene rings is 4. The number of hydrogen-bond donors (Lipinski definition) is 2. The summed E-state index contributed by atoms with van der Waals surface area (Å²) in [5.74, 6) is 0.421. The highest BCUT2D eigenvalue weighted by molar-refractivity contribution is 5.74. The van der Waals surface area contributed by atoms with Gasteiger partial charge in [-0.1, -0.05) is 77.9 Å². The highest BCUT2D eigenvalue weighted by atomic mass is 16.3. The van der Waals surface area contributed by atoms with E-state index in [9.17, 15) is 10.2 Å². The Hall–Kier alpha value is -4.80. The summed E-state index contributed by atoms with van der Waals surface area (Å²) in [4.78, 5) is 7.88. The highest BCUT2D eigenvalue weighted by Gasteiger charge is 2.26. The molecule has 1 aliphatic heterocycles. The molecule has 4 aromatic carbocycles. The van der Waals surface area contributed by atoms with Crippen molar-refractivity contribution in [3.63, 3.8) is 0 Å². The number of phenols is 2. The SMILES string of the molecule is CC(C)(C)c1cc(CN2CCN(Cc3cc(C(C)(C)C)cc(-n4nc5ccccc5n4)c3O)CC2)c(O)c(-n2nc3ccccc3n2)c1. The van der Waals surface area contributed by atoms with Gasteiger partial charge in [0, 0.05) is 50.4 Å². The molecule has 1 aliphatic rings. The van der Waals surface area contributed by atoms with Gasteiger partial charge in [-0.25, -0.2) is 0 Å². The Bertz CT molecular complexity index is 1890. The summed E-state index contributed by atoms with van der Waals surface area (Å²) in [6, 6.07) is 23.7. The van der Waals surface area contributed by atoms with E-state index in [0.717, 1.165) is 70.5 Å². The number of phenolic OH excluding ortho intramolecular Hbond substituents is 2. The Labute approximate surface area is 281 Å². The lowest BCUT2D eigenvalue weighted by Crippen LogP contribution is -2.45. The molecule has 0 atom stereocenters. The predicted octanol–water partition coefficient (Wildman–Crippen LogP) is 6.48. The topological polar surface area (TPSA) is 108 Å². The van der Waals surface area contributed by atoms with Crippen LogP contribution in [0.2, 0.25) is 0 Å². The van der Waals surface area contributed by atoms with Gasteiger partial charge in [-0.2, -0.15) is 0 Å². The second-order valence-corrected chi connectivity index (χ2v) is 15.0. The highest BCUT2D eigenvalue weighted by Crippen LogP contribution is 2.36. The molecule has 248 valence electrons. The van der Waals surface area contributed by atoms with Gasteiger partial charge >= 0.3 is 0 Å². The van der Waals surface area contributed by atoms with Gasteiger partial charge in [0.1, 0.15) is 44.9 Å². The number of fused-ring (bicyclic) bond motifs is 2. The molecule has 7 rings (SSSR count). The third-order valence-corrected chi connectivity index (χ3v) is 9.33. The minimum absolute atomic E-state index is 0.122. The van der Waals surface area contributed by atoms with Crippen LogP contribution in [0.4, 0.5) is 0 Å². The molecule has 0 amide bonds. The van der Waals surface area contributed by atoms with Gasteiger partial charge in [-0.05, 0) is 58.4 Å². The van der Waals surface area contributed by atoms with Crippen LogP contribution in [-0.2, 0) is 23.9 Å². The average molecular weight is 645 g/mol. The molecule has 1 fully saturated rings. The Morgan fingerprint density at radius 1 is 0.521 bits per heavy atom. The third-order valence-electron chi connectivity index (χ3n) is 9.33. The maximum Gasteiger partial charge on any atom is 0.147 e. The third kappa shape index (κ3) is 6.25. The molecule has 10 nitrogen and oxygen atoms in total. The summed E-state index contributed by atoms with van der Waals surface area (Å²) < 4.78 is 0. The molecule has 2 aromatic heterocycles. The molecule has 2 N–H and O–H groups in total. The predicted molar refractivity (Wildman–Crippen MR) is 189 cm³/mol. The summed E-state index contributed by atoms with van der Waals surface area (Å²) in [7, 11) is 0. The van der Waals surface area contributed by atoms with E-state index in [0.29, 0.717) is 24.5 Å². The van der Waals surface area contributed by atoms with Gasteiger partial charge in [-0.3, -0.25) is 9.80 Å². The molecule has 6 aromatic rings. The smallest absolute Gasteiger partial charge is 0.147 e. The van der Waals surface area contributed by atoms with Crippen molar-refractivity contribution in [2.45, 2.75) is 65.5 Å². The van der Waals surface area contributed by atoms with Gasteiger partial charge in [0.25, 0.3) is 0 Å². The van der Waals surface area contributed by atoms with Crippen LogP contribution in [0.3, 0.4) is 0 Å². The van der Waals surface area contributed by atoms with Crippen LogP contribution >= 0.6 is 0 Å². The molecule has 3 heterocycles. The molecule has 0 bridgehead atoms. The van der Waals surface area contributed by atoms with Gasteiger partial charge in [-0.15, -0.1) is 30.0 Å². The Morgan fingerprint density at radius 2 is 0.833 bits per heavy atom. The van der Waals surface area contributed by atoms with Crippen LogP contribution in [0.5, 0.6) is 11.5 Å². The number of nitrogens with zero attached hydrogens (tertiary/aromatic N) is 8. The lowest BCUT2D eigenvalue weighted by atomic mass is 9.85. The number of piperazine rings is 1. The van der Waals surface area contributed by atoms with E-state index in [4.69, 9.17) is 0 Å². The van der Waals surface area contributed by atoms with Gasteiger partial charge < -0.3 is 10.2 Å². The second kappa shape index (κ2) is 12.0. The summed E-state index contributed by atoms with van der Waals surface area (Å²) in [5, 5.41) is 41.8. The van der Waals surface area contributed by atoms with Crippen molar-refractivity contribution >= 4 is 22.1 Å². The monoisotopic (exact) mass is 644 g/mol. The molecule has 10 heteroatoms. The minimum atomic E-state index is -0.122. The number of hydrogen-bond acceptors (Lipinski definition) is 8. The molecule has 0 saturated carbocycles. The Balaban J connectivity index is 1.11. The quantitative estimate of drug-likeness (QED) is 0.212. The Morgan fingerprint density at radius 3 is 1.12 bits per heavy atom. The lowest BCUT2D eigenvalue weighted by Gasteiger charge is -2.35. The number of rotatable bonds is 6. The first-order chi connectivity index (χ1) is 22.8. The van der Waals surface area contributed by atoms with Gasteiger partial charge in [0.2, 0.25) is 0 Å². The average Bonchev–Trinajstić information content (AvgIpc) is 3.67. The zero-order valence-electron chi connectivity index (χ0n) is 28.6. The van der Waals surface area contributed by atoms with Gasteiger partial charge in [0.05, 0.1) is 0 Å². The van der Waals surface area contributed by atoms with Crippen molar-refractivity contribution in [2.24, 2.45) is 0 Å². The summed E-state index contributed by atoms with van der Waals surface area (Å²) in [6.07, 6.45) is 0. The van der Waals surface area contributed by atoms with Crippen LogP contribution in [-0.4, -0.2) is 76.2 Å². The normalized spacial score (nSPS) is 15.1. The van der Waals surface area contributed by atoms with Gasteiger partial charge in [0.15, 0.2) is 0 Å². The number of aromatic hydroxyl groups is 2. The molecular formula is C38H44N8O2. The van der Waals surface area contributed by atoms with E-state index >= 15 is 0 Å². The van der Waals surface area contributed by atoms with Crippen LogP contribution < -0.4 is 0 Å². The Kier molecular flexibility index (Phi) is 7.96. The van der Waals surface area contributed by atoms with Crippen LogP contribution in [0.25, 0.3) is 33.4 Å². The zero-order valence-corrected chi connectivity index (χ0v) is 28.6. The van der Waals surface area contributed by atoms with E-state index < -0.39 is 0 Å².